The van der Waals surface area contributed by atoms with Gasteiger partial charge in [0.2, 0.25) is 5.91 Å². The Kier molecular flexibility index (Phi) is 2.35. The molecule has 0 saturated carbocycles. The zero-order valence-electron chi connectivity index (χ0n) is 9.24. The number of carbonyl (C=O) groups is 1. The van der Waals surface area contributed by atoms with Crippen molar-refractivity contribution in [2.24, 2.45) is 0 Å². The Morgan fingerprint density at radius 3 is 2.62 bits per heavy atom. The van der Waals surface area contributed by atoms with Crippen molar-refractivity contribution in [3.63, 3.8) is 0 Å². The number of amides is 1. The number of benzene rings is 1. The van der Waals surface area contributed by atoms with Crippen molar-refractivity contribution in [3.05, 3.63) is 22.5 Å². The van der Waals surface area contributed by atoms with Gasteiger partial charge in [-0.2, -0.15) is 0 Å². The molecule has 1 aromatic rings. The smallest absolute Gasteiger partial charge is 0.249 e. The van der Waals surface area contributed by atoms with E-state index in [1.807, 2.05) is 0 Å². The molecule has 2 rings (SSSR count). The summed E-state index contributed by atoms with van der Waals surface area (Å²) in [6.07, 6.45) is 0. The monoisotopic (exact) mass is 242 g/mol. The van der Waals surface area contributed by atoms with E-state index in [2.05, 4.69) is 10.6 Å². The molecule has 5 heteroatoms. The maximum atomic E-state index is 13.4. The number of halogens is 2. The van der Waals surface area contributed by atoms with Gasteiger partial charge in [0.25, 0.3) is 0 Å². The lowest BCUT2D eigenvalue weighted by Crippen LogP contribution is -2.47. The molecule has 0 aliphatic carbocycles. The fourth-order valence-electron chi connectivity index (χ4n) is 1.67. The number of nitrogens with one attached hydrogen (secondary N) is 2. The molecule has 86 valence electrons. The topological polar surface area (TPSA) is 41.1 Å². The van der Waals surface area contributed by atoms with E-state index >= 15 is 0 Å². The molecular formula is C11H12ClFN2O. The van der Waals surface area contributed by atoms with E-state index in [-0.39, 0.29) is 10.9 Å². The zero-order chi connectivity index (χ0) is 12.1. The van der Waals surface area contributed by atoms with E-state index in [0.717, 1.165) is 0 Å². The molecule has 1 heterocycles. The van der Waals surface area contributed by atoms with Crippen LogP contribution >= 0.6 is 11.6 Å². The van der Waals surface area contributed by atoms with Crippen LogP contribution in [-0.2, 0) is 4.79 Å². The van der Waals surface area contributed by atoms with Gasteiger partial charge in [0, 0.05) is 0 Å². The third-order valence-corrected chi connectivity index (χ3v) is 3.03. The molecule has 2 N–H and O–H groups in total. The summed E-state index contributed by atoms with van der Waals surface area (Å²) in [5, 5.41) is 5.69. The van der Waals surface area contributed by atoms with Crippen LogP contribution < -0.4 is 10.6 Å². The number of aryl methyl sites for hydroxylation is 1. The molecule has 1 aliphatic heterocycles. The van der Waals surface area contributed by atoms with Crippen molar-refractivity contribution in [1.82, 2.24) is 0 Å². The Balaban J connectivity index is 2.64. The Morgan fingerprint density at radius 2 is 2.00 bits per heavy atom. The van der Waals surface area contributed by atoms with Crippen molar-refractivity contribution in [2.75, 3.05) is 10.6 Å². The van der Waals surface area contributed by atoms with Gasteiger partial charge in [0.15, 0.2) is 0 Å². The highest BCUT2D eigenvalue weighted by Gasteiger charge is 2.35. The van der Waals surface area contributed by atoms with Gasteiger partial charge >= 0.3 is 0 Å². The van der Waals surface area contributed by atoms with Gasteiger partial charge in [-0.25, -0.2) is 4.39 Å². The van der Waals surface area contributed by atoms with Crippen molar-refractivity contribution in [3.8, 4) is 0 Å². The fraction of sp³-hybridized carbons (Fsp3) is 0.364. The summed E-state index contributed by atoms with van der Waals surface area (Å²) in [5.74, 6) is -0.650. The molecule has 0 spiro atoms. The van der Waals surface area contributed by atoms with Gasteiger partial charge in [-0.1, -0.05) is 11.6 Å². The van der Waals surface area contributed by atoms with Crippen LogP contribution in [0.1, 0.15) is 19.4 Å². The highest BCUT2D eigenvalue weighted by atomic mass is 35.5. The second kappa shape index (κ2) is 3.35. The number of hydrogen-bond acceptors (Lipinski definition) is 2. The van der Waals surface area contributed by atoms with Crippen LogP contribution in [0.5, 0.6) is 0 Å². The SMILES string of the molecule is Cc1cc(F)c(Cl)c2c1NC(=O)C(C)(C)N2. The summed E-state index contributed by atoms with van der Waals surface area (Å²) >= 11 is 5.87. The first-order valence-corrected chi connectivity index (χ1v) is 5.29. The summed E-state index contributed by atoms with van der Waals surface area (Å²) in [7, 11) is 0. The highest BCUT2D eigenvalue weighted by Crippen LogP contribution is 2.40. The van der Waals surface area contributed by atoms with Gasteiger partial charge in [-0.05, 0) is 32.4 Å². The van der Waals surface area contributed by atoms with Crippen LogP contribution in [-0.4, -0.2) is 11.4 Å². The van der Waals surface area contributed by atoms with Crippen LogP contribution in [0.4, 0.5) is 15.8 Å². The minimum atomic E-state index is -0.795. The average Bonchev–Trinajstić information content (AvgIpc) is 2.18. The summed E-state index contributed by atoms with van der Waals surface area (Å²) in [6.45, 7) is 5.14. The van der Waals surface area contributed by atoms with Gasteiger partial charge < -0.3 is 10.6 Å². The maximum absolute atomic E-state index is 13.4. The molecule has 0 saturated heterocycles. The Bertz CT molecular complexity index is 485. The van der Waals surface area contributed by atoms with Gasteiger partial charge in [0.1, 0.15) is 16.4 Å². The van der Waals surface area contributed by atoms with Crippen molar-refractivity contribution >= 4 is 28.9 Å². The molecule has 3 nitrogen and oxygen atoms in total. The van der Waals surface area contributed by atoms with E-state index < -0.39 is 11.4 Å². The van der Waals surface area contributed by atoms with E-state index in [1.165, 1.54) is 6.07 Å². The Morgan fingerprint density at radius 1 is 1.38 bits per heavy atom. The van der Waals surface area contributed by atoms with E-state index in [1.54, 1.807) is 20.8 Å². The zero-order valence-corrected chi connectivity index (χ0v) is 10.00. The first kappa shape index (κ1) is 11.2. The maximum Gasteiger partial charge on any atom is 0.249 e. The summed E-state index contributed by atoms with van der Waals surface area (Å²) < 4.78 is 13.4. The Hall–Kier alpha value is -1.29. The first-order valence-electron chi connectivity index (χ1n) is 4.91. The summed E-state index contributed by atoms with van der Waals surface area (Å²) in [4.78, 5) is 11.7. The third kappa shape index (κ3) is 1.53. The normalized spacial score (nSPS) is 17.4. The minimum absolute atomic E-state index is 0.00803. The van der Waals surface area contributed by atoms with Gasteiger partial charge in [0.05, 0.1) is 11.4 Å². The third-order valence-electron chi connectivity index (χ3n) is 2.66. The lowest BCUT2D eigenvalue weighted by atomic mass is 9.98. The molecule has 0 radical (unpaired) electrons. The molecule has 16 heavy (non-hydrogen) atoms. The van der Waals surface area contributed by atoms with Crippen LogP contribution in [0.15, 0.2) is 6.07 Å². The fourth-order valence-corrected chi connectivity index (χ4v) is 1.87. The lowest BCUT2D eigenvalue weighted by molar-refractivity contribution is -0.119. The van der Waals surface area contributed by atoms with Crippen molar-refractivity contribution < 1.29 is 9.18 Å². The van der Waals surface area contributed by atoms with Gasteiger partial charge in [-0.3, -0.25) is 4.79 Å². The quantitative estimate of drug-likeness (QED) is 0.735. The molecule has 1 aliphatic rings. The van der Waals surface area contributed by atoms with Crippen LogP contribution in [0.3, 0.4) is 0 Å². The molecule has 0 bridgehead atoms. The summed E-state index contributed by atoms with van der Waals surface area (Å²) in [5.41, 5.74) is 0.851. The van der Waals surface area contributed by atoms with E-state index in [9.17, 15) is 9.18 Å². The molecule has 1 amide bonds. The van der Waals surface area contributed by atoms with Crippen molar-refractivity contribution in [1.29, 1.82) is 0 Å². The highest BCUT2D eigenvalue weighted by molar-refractivity contribution is 6.35. The number of fused-ring (bicyclic) bond motifs is 1. The molecule has 0 unspecified atom stereocenters. The molecule has 0 aromatic heterocycles. The van der Waals surface area contributed by atoms with Crippen molar-refractivity contribution in [2.45, 2.75) is 26.3 Å². The molecular weight excluding hydrogens is 231 g/mol. The molecule has 0 fully saturated rings. The number of hydrogen-bond donors (Lipinski definition) is 2. The first-order chi connectivity index (χ1) is 7.33. The second-order valence-electron chi connectivity index (χ2n) is 4.44. The lowest BCUT2D eigenvalue weighted by Gasteiger charge is -2.34. The predicted octanol–water partition coefficient (Wildman–Crippen LogP) is 2.93. The largest absolute Gasteiger partial charge is 0.369 e. The number of rotatable bonds is 0. The minimum Gasteiger partial charge on any atom is -0.369 e. The van der Waals surface area contributed by atoms with E-state index in [0.29, 0.717) is 16.9 Å². The van der Waals surface area contributed by atoms with Gasteiger partial charge in [-0.15, -0.1) is 0 Å². The Labute approximate surface area is 98.0 Å². The predicted molar refractivity (Wildman–Crippen MR) is 62.5 cm³/mol. The molecule has 1 aromatic carbocycles. The standard InChI is InChI=1S/C11H12ClFN2O/c1-5-4-6(13)7(12)9-8(5)14-10(16)11(2,3)15-9/h4,15H,1-3H3,(H,14,16). The number of carbonyl (C=O) groups excluding carboxylic acids is 1. The summed E-state index contributed by atoms with van der Waals surface area (Å²) in [6, 6.07) is 1.31. The van der Waals surface area contributed by atoms with Crippen LogP contribution in [0.2, 0.25) is 5.02 Å². The van der Waals surface area contributed by atoms with Crippen LogP contribution in [0, 0.1) is 12.7 Å². The molecule has 0 atom stereocenters. The second-order valence-corrected chi connectivity index (χ2v) is 4.82. The average molecular weight is 243 g/mol. The van der Waals surface area contributed by atoms with E-state index in [4.69, 9.17) is 11.6 Å². The number of anilines is 2. The van der Waals surface area contributed by atoms with Crippen LogP contribution in [0.25, 0.3) is 0 Å².